The molecule has 1 unspecified atom stereocenters. The third-order valence-electron chi connectivity index (χ3n) is 2.82. The van der Waals surface area contributed by atoms with Crippen molar-refractivity contribution in [2.24, 2.45) is 5.73 Å². The summed E-state index contributed by atoms with van der Waals surface area (Å²) in [7, 11) is 1.67. The highest BCUT2D eigenvalue weighted by molar-refractivity contribution is 9.10. The number of methoxy groups -OCH3 is 1. The molecule has 0 saturated heterocycles. The highest BCUT2D eigenvalue weighted by atomic mass is 79.9. The van der Waals surface area contributed by atoms with Gasteiger partial charge in [-0.25, -0.2) is 4.39 Å². The summed E-state index contributed by atoms with van der Waals surface area (Å²) >= 11 is 3.24. The maximum absolute atomic E-state index is 13.3. The van der Waals surface area contributed by atoms with Crippen molar-refractivity contribution in [3.63, 3.8) is 0 Å². The van der Waals surface area contributed by atoms with Gasteiger partial charge in [0.1, 0.15) is 5.82 Å². The first-order valence-electron chi connectivity index (χ1n) is 5.59. The fraction of sp³-hybridized carbons (Fsp3) is 0.538. The Morgan fingerprint density at radius 3 is 2.71 bits per heavy atom. The minimum atomic E-state index is -0.251. The van der Waals surface area contributed by atoms with Crippen LogP contribution in [0.25, 0.3) is 0 Å². The van der Waals surface area contributed by atoms with Gasteiger partial charge in [0.15, 0.2) is 0 Å². The first-order valence-corrected chi connectivity index (χ1v) is 6.38. The molecule has 0 saturated carbocycles. The van der Waals surface area contributed by atoms with Gasteiger partial charge >= 0.3 is 0 Å². The third kappa shape index (κ3) is 4.37. The SMILES string of the molecule is COC(C)(C)CC(N)Cc1cccc(F)c1Br. The third-order valence-corrected chi connectivity index (χ3v) is 3.71. The van der Waals surface area contributed by atoms with Crippen LogP contribution in [0.5, 0.6) is 0 Å². The van der Waals surface area contributed by atoms with Crippen LogP contribution < -0.4 is 5.73 Å². The van der Waals surface area contributed by atoms with Gasteiger partial charge in [-0.1, -0.05) is 12.1 Å². The number of benzene rings is 1. The highest BCUT2D eigenvalue weighted by Gasteiger charge is 2.21. The number of hydrogen-bond donors (Lipinski definition) is 1. The molecule has 0 aliphatic carbocycles. The Balaban J connectivity index is 2.68. The van der Waals surface area contributed by atoms with Gasteiger partial charge in [-0.15, -0.1) is 0 Å². The fourth-order valence-corrected chi connectivity index (χ4v) is 2.20. The lowest BCUT2D eigenvalue weighted by molar-refractivity contribution is 0.0102. The molecule has 1 atom stereocenters. The molecule has 4 heteroatoms. The van der Waals surface area contributed by atoms with Crippen LogP contribution in [0.15, 0.2) is 22.7 Å². The average molecular weight is 304 g/mol. The molecule has 2 N–H and O–H groups in total. The highest BCUT2D eigenvalue weighted by Crippen LogP contribution is 2.23. The van der Waals surface area contributed by atoms with Crippen molar-refractivity contribution < 1.29 is 9.13 Å². The van der Waals surface area contributed by atoms with Crippen molar-refractivity contribution in [1.82, 2.24) is 0 Å². The van der Waals surface area contributed by atoms with Gasteiger partial charge in [-0.2, -0.15) is 0 Å². The molecule has 17 heavy (non-hydrogen) atoms. The summed E-state index contributed by atoms with van der Waals surface area (Å²) in [5.41, 5.74) is 6.71. The second-order valence-corrected chi connectivity index (χ2v) is 5.64. The molecule has 1 rings (SSSR count). The minimum absolute atomic E-state index is 0.0527. The van der Waals surface area contributed by atoms with Crippen molar-refractivity contribution >= 4 is 15.9 Å². The summed E-state index contributed by atoms with van der Waals surface area (Å²) in [6.07, 6.45) is 1.36. The fourth-order valence-electron chi connectivity index (χ4n) is 1.78. The molecule has 0 aliphatic heterocycles. The zero-order valence-electron chi connectivity index (χ0n) is 10.5. The second kappa shape index (κ2) is 5.94. The van der Waals surface area contributed by atoms with Gasteiger partial charge in [0, 0.05) is 13.2 Å². The molecular formula is C13H19BrFNO. The van der Waals surface area contributed by atoms with Gasteiger partial charge in [0.2, 0.25) is 0 Å². The zero-order chi connectivity index (χ0) is 13.1. The lowest BCUT2D eigenvalue weighted by Crippen LogP contribution is -2.35. The number of ether oxygens (including phenoxy) is 1. The van der Waals surface area contributed by atoms with E-state index in [1.54, 1.807) is 13.2 Å². The van der Waals surface area contributed by atoms with E-state index >= 15 is 0 Å². The molecule has 0 heterocycles. The van der Waals surface area contributed by atoms with Crippen LogP contribution in [0.4, 0.5) is 4.39 Å². The maximum Gasteiger partial charge on any atom is 0.137 e. The zero-order valence-corrected chi connectivity index (χ0v) is 12.1. The second-order valence-electron chi connectivity index (χ2n) is 4.85. The Morgan fingerprint density at radius 2 is 2.12 bits per heavy atom. The van der Waals surface area contributed by atoms with E-state index in [4.69, 9.17) is 10.5 Å². The predicted molar refractivity (Wildman–Crippen MR) is 71.5 cm³/mol. The van der Waals surface area contributed by atoms with Gasteiger partial charge in [0.25, 0.3) is 0 Å². The van der Waals surface area contributed by atoms with Crippen LogP contribution in [0.1, 0.15) is 25.8 Å². The molecular weight excluding hydrogens is 285 g/mol. The standard InChI is InChI=1S/C13H19BrFNO/c1-13(2,17-3)8-10(16)7-9-5-4-6-11(15)12(9)14/h4-6,10H,7-8,16H2,1-3H3. The van der Waals surface area contributed by atoms with Gasteiger partial charge in [-0.3, -0.25) is 0 Å². The number of hydrogen-bond acceptors (Lipinski definition) is 2. The lowest BCUT2D eigenvalue weighted by Gasteiger charge is -2.26. The van der Waals surface area contributed by atoms with Gasteiger partial charge in [-0.05, 0) is 54.2 Å². The Labute approximate surface area is 110 Å². The van der Waals surface area contributed by atoms with E-state index in [-0.39, 0.29) is 17.5 Å². The van der Waals surface area contributed by atoms with Crippen molar-refractivity contribution in [2.75, 3.05) is 7.11 Å². The summed E-state index contributed by atoms with van der Waals surface area (Å²) in [5.74, 6) is -0.249. The molecule has 0 aliphatic rings. The minimum Gasteiger partial charge on any atom is -0.379 e. The lowest BCUT2D eigenvalue weighted by atomic mass is 9.94. The molecule has 0 radical (unpaired) electrons. The molecule has 0 spiro atoms. The molecule has 1 aromatic carbocycles. The summed E-state index contributed by atoms with van der Waals surface area (Å²) in [6.45, 7) is 3.99. The number of rotatable bonds is 5. The largest absolute Gasteiger partial charge is 0.379 e. The smallest absolute Gasteiger partial charge is 0.137 e. The van der Waals surface area contributed by atoms with Crippen LogP contribution in [-0.4, -0.2) is 18.8 Å². The van der Waals surface area contributed by atoms with Crippen molar-refractivity contribution in [3.05, 3.63) is 34.1 Å². The van der Waals surface area contributed by atoms with E-state index in [0.717, 1.165) is 12.0 Å². The molecule has 1 aromatic rings. The molecule has 0 amide bonds. The summed E-state index contributed by atoms with van der Waals surface area (Å²) in [4.78, 5) is 0. The Kier molecular flexibility index (Phi) is 5.10. The topological polar surface area (TPSA) is 35.2 Å². The summed E-state index contributed by atoms with van der Waals surface area (Å²) < 4.78 is 19.2. The van der Waals surface area contributed by atoms with Gasteiger partial charge < -0.3 is 10.5 Å². The Morgan fingerprint density at radius 1 is 1.47 bits per heavy atom. The van der Waals surface area contributed by atoms with Crippen LogP contribution in [0, 0.1) is 5.82 Å². The van der Waals surface area contributed by atoms with Crippen molar-refractivity contribution in [2.45, 2.75) is 38.3 Å². The average Bonchev–Trinajstić information content (AvgIpc) is 2.24. The molecule has 0 fully saturated rings. The first kappa shape index (κ1) is 14.6. The van der Waals surface area contributed by atoms with Crippen molar-refractivity contribution in [1.29, 1.82) is 0 Å². The van der Waals surface area contributed by atoms with Crippen LogP contribution in [-0.2, 0) is 11.2 Å². The van der Waals surface area contributed by atoms with E-state index < -0.39 is 0 Å². The molecule has 0 aromatic heterocycles. The number of nitrogens with two attached hydrogens (primary N) is 1. The van der Waals surface area contributed by atoms with E-state index in [0.29, 0.717) is 10.9 Å². The number of halogens is 2. The predicted octanol–water partition coefficient (Wildman–Crippen LogP) is 3.27. The monoisotopic (exact) mass is 303 g/mol. The van der Waals surface area contributed by atoms with E-state index in [1.165, 1.54) is 6.07 Å². The Bertz CT molecular complexity index is 382. The normalized spacial score (nSPS) is 13.8. The van der Waals surface area contributed by atoms with E-state index in [1.807, 2.05) is 19.9 Å². The summed E-state index contributed by atoms with van der Waals surface area (Å²) in [6, 6.07) is 4.96. The van der Waals surface area contributed by atoms with Crippen molar-refractivity contribution in [3.8, 4) is 0 Å². The van der Waals surface area contributed by atoms with Crippen LogP contribution in [0.3, 0.4) is 0 Å². The quantitative estimate of drug-likeness (QED) is 0.906. The van der Waals surface area contributed by atoms with E-state index in [2.05, 4.69) is 15.9 Å². The maximum atomic E-state index is 13.3. The van der Waals surface area contributed by atoms with Crippen LogP contribution in [0.2, 0.25) is 0 Å². The van der Waals surface area contributed by atoms with Crippen LogP contribution >= 0.6 is 15.9 Å². The van der Waals surface area contributed by atoms with E-state index in [9.17, 15) is 4.39 Å². The first-order chi connectivity index (χ1) is 7.85. The Hall–Kier alpha value is -0.450. The van der Waals surface area contributed by atoms with Gasteiger partial charge in [0.05, 0.1) is 10.1 Å². The summed E-state index contributed by atoms with van der Waals surface area (Å²) in [5, 5.41) is 0. The molecule has 96 valence electrons. The molecule has 0 bridgehead atoms. The molecule has 2 nitrogen and oxygen atoms in total.